The van der Waals surface area contributed by atoms with E-state index < -0.39 is 80.5 Å². The molecule has 6 N–H and O–H groups in total. The maximum absolute atomic E-state index is 12.2. The number of phenolic OH excluding ortho intramolecular Hbond substituents is 2. The minimum absolute atomic E-state index is 0.0588. The molecule has 0 saturated carbocycles. The monoisotopic (exact) mass is 527 g/mol. The van der Waals surface area contributed by atoms with E-state index in [1.165, 1.54) is 0 Å². The van der Waals surface area contributed by atoms with Gasteiger partial charge in [-0.1, -0.05) is 23.2 Å². The Bertz CT molecular complexity index is 1040. The highest BCUT2D eigenvalue weighted by Crippen LogP contribution is 2.39. The highest BCUT2D eigenvalue weighted by Gasteiger charge is 2.54. The first kappa shape index (κ1) is 26.4. The number of aromatic hydroxyl groups is 2. The fourth-order valence-corrected chi connectivity index (χ4v) is 4.29. The minimum atomic E-state index is -2.86. The van der Waals surface area contributed by atoms with E-state index in [4.69, 9.17) is 27.9 Å². The number of carbonyl (C=O) groups excluding carboxylic acids is 3. The van der Waals surface area contributed by atoms with Gasteiger partial charge in [-0.15, -0.1) is 0 Å². The number of nitrogens with zero attached hydrogens (tertiary/aromatic N) is 1. The largest absolute Gasteiger partial charge is 0.504 e. The Labute approximate surface area is 198 Å². The lowest BCUT2D eigenvalue weighted by molar-refractivity contribution is -0.163. The molecule has 1 aliphatic heterocycles. The zero-order valence-corrected chi connectivity index (χ0v) is 19.3. The molecular formula is C17H19Cl2N3O10S. The van der Waals surface area contributed by atoms with Gasteiger partial charge in [0.2, 0.25) is 5.91 Å². The maximum atomic E-state index is 12.2. The number of phenols is 2. The zero-order valence-electron chi connectivity index (χ0n) is 17.0. The molecular weight excluding hydrogens is 509 g/mol. The second-order valence-corrected chi connectivity index (χ2v) is 9.44. The van der Waals surface area contributed by atoms with Crippen molar-refractivity contribution in [1.29, 1.82) is 0 Å². The molecule has 0 aromatic heterocycles. The Kier molecular flexibility index (Phi) is 8.00. The summed E-state index contributed by atoms with van der Waals surface area (Å²) in [7, 11) is 0. The van der Waals surface area contributed by atoms with Crippen molar-refractivity contribution in [2.45, 2.75) is 37.1 Å². The predicted molar refractivity (Wildman–Crippen MR) is 113 cm³/mol. The summed E-state index contributed by atoms with van der Waals surface area (Å²) >= 11 is 8.70. The average molecular weight is 528 g/mol. The number of ether oxygens (including phenoxy) is 1. The van der Waals surface area contributed by atoms with Crippen LogP contribution in [0.4, 0.5) is 4.79 Å². The molecule has 0 aliphatic carbocycles. The van der Waals surface area contributed by atoms with Crippen LogP contribution in [-0.4, -0.2) is 76.3 Å². The summed E-state index contributed by atoms with van der Waals surface area (Å²) in [4.78, 5) is 48.8. The Morgan fingerprint density at radius 2 is 1.94 bits per heavy atom. The Hall–Kier alpha value is -2.81. The summed E-state index contributed by atoms with van der Waals surface area (Å²) in [6.45, 7) is 1.68. The number of hydrogen-bond acceptors (Lipinski definition) is 8. The average Bonchev–Trinajstić information content (AvgIpc) is 2.72. The number of aliphatic carboxylic acids is 1. The summed E-state index contributed by atoms with van der Waals surface area (Å²) in [5.74, 6) is -4.76. The summed E-state index contributed by atoms with van der Waals surface area (Å²) in [6, 6.07) is -1.45. The third kappa shape index (κ3) is 5.24. The van der Waals surface area contributed by atoms with Crippen molar-refractivity contribution in [3.63, 3.8) is 0 Å². The first-order valence-electron chi connectivity index (χ1n) is 9.00. The molecule has 0 radical (unpaired) electrons. The van der Waals surface area contributed by atoms with Crippen LogP contribution in [-0.2, 0) is 25.4 Å². The molecule has 1 fully saturated rings. The predicted octanol–water partition coefficient (Wildman–Crippen LogP) is 0.830. The number of carbonyl (C=O) groups is 4. The van der Waals surface area contributed by atoms with Gasteiger partial charge >= 0.3 is 12.1 Å². The van der Waals surface area contributed by atoms with Crippen LogP contribution in [0.5, 0.6) is 11.5 Å². The quantitative estimate of drug-likeness (QED) is 0.127. The molecule has 1 aromatic rings. The van der Waals surface area contributed by atoms with Gasteiger partial charge in [0.1, 0.15) is 16.4 Å². The first-order chi connectivity index (χ1) is 15.2. The number of likely N-dealkylation sites (tertiary alicyclic amines) is 1. The van der Waals surface area contributed by atoms with E-state index in [9.17, 15) is 43.3 Å². The molecule has 0 bridgehead atoms. The van der Waals surface area contributed by atoms with Crippen LogP contribution in [0.2, 0.25) is 10.0 Å². The van der Waals surface area contributed by atoms with E-state index in [0.717, 1.165) is 17.9 Å². The number of benzene rings is 1. The lowest BCUT2D eigenvalue weighted by Crippen LogP contribution is -2.68. The fourth-order valence-electron chi connectivity index (χ4n) is 3.11. The molecule has 182 valence electrons. The van der Waals surface area contributed by atoms with Gasteiger partial charge in [-0.05, 0) is 13.8 Å². The Morgan fingerprint density at radius 1 is 1.33 bits per heavy atom. The van der Waals surface area contributed by atoms with Gasteiger partial charge in [-0.25, -0.2) is 19.2 Å². The molecule has 1 heterocycles. The first-order valence-corrected chi connectivity index (χ1v) is 10.9. The van der Waals surface area contributed by atoms with Gasteiger partial charge in [0.25, 0.3) is 5.91 Å². The second kappa shape index (κ2) is 9.99. The van der Waals surface area contributed by atoms with Gasteiger partial charge in [-0.2, -0.15) is 0 Å². The number of β-lactam (4-membered cyclic amide) rings is 1. The number of carboxylic acid groups (broad SMARTS) is 1. The van der Waals surface area contributed by atoms with E-state index in [2.05, 4.69) is 0 Å². The standard InChI is InChI=1S/C17H19Cl2N3O10S/c1-6-3-9(24)22(6)13(15(27)28)17(2,33(30)31)5-32-16(29)21-20-14(26)10-7(18)4-8(23)12(25)11(10)19/h4,6,13,23,25H,3,5H2,1-2H3,(H,20,26)(H,21,29)(H,27,28)(H,30,31)/t6-,13+,17+/m1/s1. The van der Waals surface area contributed by atoms with Crippen molar-refractivity contribution in [3.8, 4) is 11.5 Å². The van der Waals surface area contributed by atoms with E-state index >= 15 is 0 Å². The molecule has 1 unspecified atom stereocenters. The molecule has 13 nitrogen and oxygen atoms in total. The molecule has 16 heteroatoms. The molecule has 2 rings (SSSR count). The van der Waals surface area contributed by atoms with Crippen LogP contribution in [0.3, 0.4) is 0 Å². The van der Waals surface area contributed by atoms with Gasteiger partial charge in [0.15, 0.2) is 28.6 Å². The smallest absolute Gasteiger partial charge is 0.426 e. The van der Waals surface area contributed by atoms with Crippen LogP contribution in [0.1, 0.15) is 30.6 Å². The van der Waals surface area contributed by atoms with Crippen LogP contribution in [0.15, 0.2) is 6.07 Å². The van der Waals surface area contributed by atoms with Crippen LogP contribution in [0.25, 0.3) is 0 Å². The number of halogens is 2. The van der Waals surface area contributed by atoms with E-state index in [1.54, 1.807) is 12.3 Å². The molecule has 33 heavy (non-hydrogen) atoms. The number of amides is 3. The van der Waals surface area contributed by atoms with Gasteiger partial charge in [-0.3, -0.25) is 15.0 Å². The number of nitrogens with one attached hydrogen (secondary N) is 2. The second-order valence-electron chi connectivity index (χ2n) is 7.23. The molecule has 4 atom stereocenters. The molecule has 3 amide bonds. The number of rotatable bonds is 7. The lowest BCUT2D eigenvalue weighted by Gasteiger charge is -2.47. The van der Waals surface area contributed by atoms with Crippen molar-refractivity contribution in [2.24, 2.45) is 0 Å². The van der Waals surface area contributed by atoms with Crippen LogP contribution in [0, 0.1) is 0 Å². The van der Waals surface area contributed by atoms with Gasteiger partial charge in [0.05, 0.1) is 10.6 Å². The maximum Gasteiger partial charge on any atom is 0.426 e. The Morgan fingerprint density at radius 3 is 2.42 bits per heavy atom. The number of carboxylic acids is 1. The fraction of sp³-hybridized carbons (Fsp3) is 0.412. The minimum Gasteiger partial charge on any atom is -0.504 e. The number of hydrazine groups is 1. The topological polar surface area (TPSA) is 203 Å². The van der Waals surface area contributed by atoms with Crippen LogP contribution >= 0.6 is 23.2 Å². The third-order valence-corrected chi connectivity index (χ3v) is 6.69. The van der Waals surface area contributed by atoms with Gasteiger partial charge < -0.3 is 29.5 Å². The lowest BCUT2D eigenvalue weighted by atomic mass is 9.92. The number of hydrogen-bond donors (Lipinski definition) is 6. The molecule has 0 spiro atoms. The summed E-state index contributed by atoms with van der Waals surface area (Å²) in [5, 5.41) is 27.6. The van der Waals surface area contributed by atoms with Crippen molar-refractivity contribution >= 4 is 58.2 Å². The SMILES string of the molecule is C[C@@H]1CC(=O)N1[C@@H](C(=O)O)[C@](C)(COC(=O)NNC(=O)c1c(Cl)cc(O)c(O)c1Cl)S(=O)O. The van der Waals surface area contributed by atoms with Crippen molar-refractivity contribution in [2.75, 3.05) is 6.61 Å². The van der Waals surface area contributed by atoms with Crippen molar-refractivity contribution in [1.82, 2.24) is 15.8 Å². The highest BCUT2D eigenvalue weighted by atomic mass is 35.5. The molecule has 1 saturated heterocycles. The summed E-state index contributed by atoms with van der Waals surface area (Å²) in [5.41, 5.74) is 3.16. The van der Waals surface area contributed by atoms with Crippen molar-refractivity contribution < 1.29 is 48.0 Å². The third-order valence-electron chi connectivity index (χ3n) is 4.89. The van der Waals surface area contributed by atoms with E-state index in [0.29, 0.717) is 0 Å². The Balaban J connectivity index is 2.09. The van der Waals surface area contributed by atoms with E-state index in [-0.39, 0.29) is 11.4 Å². The molecule has 1 aromatic carbocycles. The van der Waals surface area contributed by atoms with Gasteiger partial charge in [0, 0.05) is 18.5 Å². The summed E-state index contributed by atoms with van der Waals surface area (Å²) in [6.07, 6.45) is -1.30. The van der Waals surface area contributed by atoms with Crippen molar-refractivity contribution in [3.05, 3.63) is 21.7 Å². The van der Waals surface area contributed by atoms with Crippen LogP contribution < -0.4 is 10.9 Å². The summed E-state index contributed by atoms with van der Waals surface area (Å²) < 4.78 is 24.4. The van der Waals surface area contributed by atoms with E-state index in [1.807, 2.05) is 5.43 Å². The molecule has 1 aliphatic rings. The normalized spacial score (nSPS) is 19.0. The zero-order chi connectivity index (χ0) is 25.2. The highest BCUT2D eigenvalue weighted by molar-refractivity contribution is 7.80.